The smallest absolute Gasteiger partial charge is 0.236 e. The number of para-hydroxylation sites is 1. The number of nitrogens with zero attached hydrogens (tertiary/aromatic N) is 1. The first-order valence-corrected chi connectivity index (χ1v) is 6.41. The molecule has 1 aromatic carbocycles. The summed E-state index contributed by atoms with van der Waals surface area (Å²) in [4.78, 5) is 13.5. The van der Waals surface area contributed by atoms with E-state index in [1.54, 1.807) is 23.7 Å². The molecule has 16 heavy (non-hydrogen) atoms. The van der Waals surface area contributed by atoms with Crippen LogP contribution < -0.4 is 10.6 Å². The summed E-state index contributed by atoms with van der Waals surface area (Å²) in [5.41, 5.74) is 6.55. The van der Waals surface area contributed by atoms with Crippen LogP contribution in [0.3, 0.4) is 0 Å². The van der Waals surface area contributed by atoms with Crippen LogP contribution in [0.4, 0.5) is 5.69 Å². The first kappa shape index (κ1) is 13.1. The number of anilines is 1. The third-order valence-electron chi connectivity index (χ3n) is 2.12. The molecule has 3 nitrogen and oxygen atoms in total. The normalized spacial score (nSPS) is 12.2. The second kappa shape index (κ2) is 6.55. The molecule has 1 atom stereocenters. The minimum absolute atomic E-state index is 0.108. The zero-order valence-electron chi connectivity index (χ0n) is 9.72. The summed E-state index contributed by atoms with van der Waals surface area (Å²) in [6.45, 7) is 1.94. The van der Waals surface area contributed by atoms with Crippen LogP contribution >= 0.6 is 11.8 Å². The van der Waals surface area contributed by atoms with Gasteiger partial charge in [-0.2, -0.15) is 11.8 Å². The quantitative estimate of drug-likeness (QED) is 0.849. The minimum atomic E-state index is 0.108. The van der Waals surface area contributed by atoms with E-state index in [-0.39, 0.29) is 11.9 Å². The van der Waals surface area contributed by atoms with Crippen molar-refractivity contribution in [3.05, 3.63) is 30.3 Å². The second-order valence-corrected chi connectivity index (χ2v) is 4.81. The number of rotatable bonds is 5. The number of hydrogen-bond donors (Lipinski definition) is 1. The molecule has 0 saturated heterocycles. The molecule has 1 aromatic rings. The minimum Gasteiger partial charge on any atom is -0.327 e. The molecule has 2 N–H and O–H groups in total. The van der Waals surface area contributed by atoms with Crippen LogP contribution in [-0.4, -0.2) is 30.5 Å². The molecule has 0 aliphatic heterocycles. The van der Waals surface area contributed by atoms with E-state index in [9.17, 15) is 4.79 Å². The van der Waals surface area contributed by atoms with Crippen molar-refractivity contribution in [3.63, 3.8) is 0 Å². The highest BCUT2D eigenvalue weighted by Crippen LogP contribution is 2.13. The molecule has 0 radical (unpaired) electrons. The van der Waals surface area contributed by atoms with Crippen LogP contribution in [-0.2, 0) is 4.79 Å². The molecule has 0 spiro atoms. The molecule has 4 heteroatoms. The van der Waals surface area contributed by atoms with Crippen LogP contribution in [0.5, 0.6) is 0 Å². The van der Waals surface area contributed by atoms with Gasteiger partial charge in [0.25, 0.3) is 0 Å². The third-order valence-corrected chi connectivity index (χ3v) is 3.34. The molecule has 1 rings (SSSR count). The van der Waals surface area contributed by atoms with Gasteiger partial charge in [0.05, 0.1) is 5.75 Å². The molecule has 0 aromatic heterocycles. The Balaban J connectivity index is 2.43. The first-order valence-electron chi connectivity index (χ1n) is 5.26. The first-order chi connectivity index (χ1) is 7.61. The van der Waals surface area contributed by atoms with Crippen LogP contribution in [0.1, 0.15) is 6.92 Å². The van der Waals surface area contributed by atoms with Gasteiger partial charge in [-0.15, -0.1) is 0 Å². The van der Waals surface area contributed by atoms with Gasteiger partial charge in [-0.1, -0.05) is 18.2 Å². The van der Waals surface area contributed by atoms with Gasteiger partial charge in [0, 0.05) is 24.5 Å². The zero-order valence-corrected chi connectivity index (χ0v) is 10.5. The molecular formula is C12H18N2OS. The third kappa shape index (κ3) is 4.24. The maximum atomic E-state index is 11.8. The molecule has 1 amide bonds. The number of amides is 1. The Morgan fingerprint density at radius 2 is 2.06 bits per heavy atom. The van der Waals surface area contributed by atoms with Crippen molar-refractivity contribution >= 4 is 23.4 Å². The van der Waals surface area contributed by atoms with E-state index < -0.39 is 0 Å². The molecule has 88 valence electrons. The number of benzene rings is 1. The molecule has 1 unspecified atom stereocenters. The SMILES string of the molecule is CC(N)CSCC(=O)N(C)c1ccccc1. The van der Waals surface area contributed by atoms with Crippen molar-refractivity contribution < 1.29 is 4.79 Å². The summed E-state index contributed by atoms with van der Waals surface area (Å²) >= 11 is 1.58. The lowest BCUT2D eigenvalue weighted by molar-refractivity contribution is -0.115. The molecule has 0 heterocycles. The average Bonchev–Trinajstić information content (AvgIpc) is 2.28. The lowest BCUT2D eigenvalue weighted by Gasteiger charge is -2.17. The Bertz CT molecular complexity index is 327. The summed E-state index contributed by atoms with van der Waals surface area (Å²) in [5, 5.41) is 0. The monoisotopic (exact) mass is 238 g/mol. The summed E-state index contributed by atoms with van der Waals surface area (Å²) in [6.07, 6.45) is 0. The zero-order chi connectivity index (χ0) is 12.0. The summed E-state index contributed by atoms with van der Waals surface area (Å²) in [7, 11) is 1.80. The van der Waals surface area contributed by atoms with Gasteiger partial charge in [-0.3, -0.25) is 4.79 Å². The lowest BCUT2D eigenvalue weighted by Crippen LogP contribution is -2.28. The lowest BCUT2D eigenvalue weighted by atomic mass is 10.3. The molecule has 0 aliphatic carbocycles. The predicted octanol–water partition coefficient (Wildman–Crippen LogP) is 1.73. The van der Waals surface area contributed by atoms with Gasteiger partial charge >= 0.3 is 0 Å². The van der Waals surface area contributed by atoms with E-state index in [0.717, 1.165) is 11.4 Å². The fourth-order valence-corrected chi connectivity index (χ4v) is 2.08. The van der Waals surface area contributed by atoms with Crippen molar-refractivity contribution in [1.29, 1.82) is 0 Å². The fraction of sp³-hybridized carbons (Fsp3) is 0.417. The van der Waals surface area contributed by atoms with E-state index >= 15 is 0 Å². The van der Waals surface area contributed by atoms with Crippen molar-refractivity contribution in [2.45, 2.75) is 13.0 Å². The Hall–Kier alpha value is -1.00. The molecule has 0 bridgehead atoms. The molecule has 0 aliphatic rings. The van der Waals surface area contributed by atoms with E-state index in [4.69, 9.17) is 5.73 Å². The number of thioether (sulfide) groups is 1. The van der Waals surface area contributed by atoms with E-state index in [1.807, 2.05) is 37.3 Å². The number of carbonyl (C=O) groups is 1. The number of carbonyl (C=O) groups excluding carboxylic acids is 1. The maximum absolute atomic E-state index is 11.8. The Morgan fingerprint density at radius 1 is 1.44 bits per heavy atom. The second-order valence-electron chi connectivity index (χ2n) is 3.78. The van der Waals surface area contributed by atoms with Gasteiger partial charge in [0.1, 0.15) is 0 Å². The van der Waals surface area contributed by atoms with Crippen molar-refractivity contribution in [2.75, 3.05) is 23.5 Å². The van der Waals surface area contributed by atoms with Crippen LogP contribution in [0, 0.1) is 0 Å². The van der Waals surface area contributed by atoms with Crippen LogP contribution in [0.25, 0.3) is 0 Å². The van der Waals surface area contributed by atoms with Crippen molar-refractivity contribution in [2.24, 2.45) is 5.73 Å². The Labute approximate surface area is 101 Å². The van der Waals surface area contributed by atoms with E-state index in [1.165, 1.54) is 0 Å². The number of nitrogens with two attached hydrogens (primary N) is 1. The van der Waals surface area contributed by atoms with Crippen LogP contribution in [0.15, 0.2) is 30.3 Å². The molecule has 0 saturated carbocycles. The maximum Gasteiger partial charge on any atom is 0.236 e. The Kier molecular flexibility index (Phi) is 5.35. The summed E-state index contributed by atoms with van der Waals surface area (Å²) < 4.78 is 0. The fourth-order valence-electron chi connectivity index (χ4n) is 1.22. The van der Waals surface area contributed by atoms with Gasteiger partial charge in [0.2, 0.25) is 5.91 Å². The van der Waals surface area contributed by atoms with Crippen molar-refractivity contribution in [1.82, 2.24) is 0 Å². The van der Waals surface area contributed by atoms with Gasteiger partial charge in [-0.25, -0.2) is 0 Å². The Morgan fingerprint density at radius 3 is 2.62 bits per heavy atom. The number of hydrogen-bond acceptors (Lipinski definition) is 3. The highest BCUT2D eigenvalue weighted by molar-refractivity contribution is 8.00. The predicted molar refractivity (Wildman–Crippen MR) is 70.8 cm³/mol. The van der Waals surface area contributed by atoms with E-state index in [0.29, 0.717) is 5.75 Å². The molecular weight excluding hydrogens is 220 g/mol. The van der Waals surface area contributed by atoms with Gasteiger partial charge < -0.3 is 10.6 Å². The standard InChI is InChI=1S/C12H18N2OS/c1-10(13)8-16-9-12(15)14(2)11-6-4-3-5-7-11/h3-7,10H,8-9,13H2,1-2H3. The topological polar surface area (TPSA) is 46.3 Å². The van der Waals surface area contributed by atoms with E-state index in [2.05, 4.69) is 0 Å². The summed E-state index contributed by atoms with van der Waals surface area (Å²) in [6, 6.07) is 9.77. The molecule has 0 fully saturated rings. The highest BCUT2D eigenvalue weighted by atomic mass is 32.2. The van der Waals surface area contributed by atoms with Gasteiger partial charge in [0.15, 0.2) is 0 Å². The van der Waals surface area contributed by atoms with Crippen LogP contribution in [0.2, 0.25) is 0 Å². The van der Waals surface area contributed by atoms with Crippen molar-refractivity contribution in [3.8, 4) is 0 Å². The highest BCUT2D eigenvalue weighted by Gasteiger charge is 2.10. The summed E-state index contributed by atoms with van der Waals surface area (Å²) in [5.74, 6) is 1.40. The van der Waals surface area contributed by atoms with Gasteiger partial charge in [-0.05, 0) is 19.1 Å². The average molecular weight is 238 g/mol. The largest absolute Gasteiger partial charge is 0.327 e.